The standard InChI is InChI=1S/C11H9ClFNO/c12-10-8(2-1-3-9(10)13)11(14)7-4-5-15-6-7/h1-6,11H,14H2. The Kier molecular flexibility index (Phi) is 2.75. The Morgan fingerprint density at radius 2 is 2.13 bits per heavy atom. The molecule has 1 atom stereocenters. The third-order valence-corrected chi connectivity index (χ3v) is 2.62. The van der Waals surface area contributed by atoms with Gasteiger partial charge in [0.25, 0.3) is 0 Å². The second-order valence-electron chi connectivity index (χ2n) is 3.18. The molecule has 0 spiro atoms. The smallest absolute Gasteiger partial charge is 0.142 e. The van der Waals surface area contributed by atoms with Gasteiger partial charge in [0, 0.05) is 5.56 Å². The predicted molar refractivity (Wildman–Crippen MR) is 56.1 cm³/mol. The fraction of sp³-hybridized carbons (Fsp3) is 0.0909. The Balaban J connectivity index is 2.42. The summed E-state index contributed by atoms with van der Waals surface area (Å²) in [6.45, 7) is 0. The van der Waals surface area contributed by atoms with Crippen molar-refractivity contribution in [3.63, 3.8) is 0 Å². The molecule has 0 aliphatic heterocycles. The maximum atomic E-state index is 13.2. The largest absolute Gasteiger partial charge is 0.472 e. The third-order valence-electron chi connectivity index (χ3n) is 2.22. The summed E-state index contributed by atoms with van der Waals surface area (Å²) >= 11 is 5.82. The zero-order chi connectivity index (χ0) is 10.8. The minimum atomic E-state index is -0.466. The molecule has 4 heteroatoms. The van der Waals surface area contributed by atoms with E-state index in [1.54, 1.807) is 18.2 Å². The Hall–Kier alpha value is -1.32. The molecule has 0 aliphatic rings. The molecule has 0 saturated carbocycles. The van der Waals surface area contributed by atoms with Crippen LogP contribution in [0, 0.1) is 5.82 Å². The lowest BCUT2D eigenvalue weighted by atomic mass is 10.0. The van der Waals surface area contributed by atoms with Crippen LogP contribution in [0.15, 0.2) is 41.2 Å². The van der Waals surface area contributed by atoms with Crippen LogP contribution in [0.5, 0.6) is 0 Å². The first-order valence-electron chi connectivity index (χ1n) is 4.41. The van der Waals surface area contributed by atoms with Crippen molar-refractivity contribution in [1.29, 1.82) is 0 Å². The van der Waals surface area contributed by atoms with E-state index >= 15 is 0 Å². The number of hydrogen-bond donors (Lipinski definition) is 1. The maximum Gasteiger partial charge on any atom is 0.142 e. The fourth-order valence-electron chi connectivity index (χ4n) is 1.39. The minimum absolute atomic E-state index is 0.0613. The van der Waals surface area contributed by atoms with Crippen LogP contribution in [0.3, 0.4) is 0 Å². The zero-order valence-electron chi connectivity index (χ0n) is 7.78. The van der Waals surface area contributed by atoms with Crippen LogP contribution in [0.25, 0.3) is 0 Å². The Bertz CT molecular complexity index is 456. The van der Waals surface area contributed by atoms with Gasteiger partial charge in [0.05, 0.1) is 23.6 Å². The van der Waals surface area contributed by atoms with Crippen molar-refractivity contribution < 1.29 is 8.81 Å². The van der Waals surface area contributed by atoms with Crippen molar-refractivity contribution in [2.24, 2.45) is 5.73 Å². The highest BCUT2D eigenvalue weighted by Crippen LogP contribution is 2.28. The highest BCUT2D eigenvalue weighted by Gasteiger charge is 2.15. The lowest BCUT2D eigenvalue weighted by Crippen LogP contribution is -2.11. The highest BCUT2D eigenvalue weighted by atomic mass is 35.5. The van der Waals surface area contributed by atoms with Gasteiger partial charge in [-0.15, -0.1) is 0 Å². The van der Waals surface area contributed by atoms with Crippen molar-refractivity contribution in [3.8, 4) is 0 Å². The van der Waals surface area contributed by atoms with Gasteiger partial charge in [-0.1, -0.05) is 23.7 Å². The molecule has 0 amide bonds. The zero-order valence-corrected chi connectivity index (χ0v) is 8.54. The Morgan fingerprint density at radius 3 is 2.80 bits per heavy atom. The van der Waals surface area contributed by atoms with E-state index in [1.807, 2.05) is 0 Å². The van der Waals surface area contributed by atoms with E-state index in [-0.39, 0.29) is 5.02 Å². The van der Waals surface area contributed by atoms with Gasteiger partial charge in [-0.3, -0.25) is 0 Å². The number of halogens is 2. The first-order valence-corrected chi connectivity index (χ1v) is 4.79. The molecule has 2 aromatic rings. The summed E-state index contributed by atoms with van der Waals surface area (Å²) in [7, 11) is 0. The van der Waals surface area contributed by atoms with Gasteiger partial charge in [-0.2, -0.15) is 0 Å². The topological polar surface area (TPSA) is 39.2 Å². The van der Waals surface area contributed by atoms with Gasteiger partial charge >= 0.3 is 0 Å². The summed E-state index contributed by atoms with van der Waals surface area (Å²) in [6.07, 6.45) is 3.04. The van der Waals surface area contributed by atoms with Gasteiger partial charge < -0.3 is 10.2 Å². The Morgan fingerprint density at radius 1 is 1.33 bits per heavy atom. The van der Waals surface area contributed by atoms with Gasteiger partial charge in [0.1, 0.15) is 5.82 Å². The van der Waals surface area contributed by atoms with Crippen molar-refractivity contribution >= 4 is 11.6 Å². The van der Waals surface area contributed by atoms with E-state index in [1.165, 1.54) is 18.6 Å². The molecule has 2 nitrogen and oxygen atoms in total. The average Bonchev–Trinajstić information content (AvgIpc) is 2.74. The first kappa shape index (κ1) is 10.2. The lowest BCUT2D eigenvalue weighted by Gasteiger charge is -2.11. The molecule has 1 heterocycles. The van der Waals surface area contributed by atoms with Crippen LogP contribution in [0.2, 0.25) is 5.02 Å². The number of nitrogens with two attached hydrogens (primary N) is 1. The molecule has 0 saturated heterocycles. The highest BCUT2D eigenvalue weighted by molar-refractivity contribution is 6.31. The average molecular weight is 226 g/mol. The lowest BCUT2D eigenvalue weighted by molar-refractivity contribution is 0.561. The predicted octanol–water partition coefficient (Wildman–Crippen LogP) is 3.12. The van der Waals surface area contributed by atoms with E-state index in [0.717, 1.165) is 5.56 Å². The number of rotatable bonds is 2. The van der Waals surface area contributed by atoms with E-state index in [0.29, 0.717) is 5.56 Å². The number of hydrogen-bond acceptors (Lipinski definition) is 2. The molecule has 0 aliphatic carbocycles. The van der Waals surface area contributed by atoms with E-state index in [9.17, 15) is 4.39 Å². The van der Waals surface area contributed by atoms with Crippen molar-refractivity contribution in [3.05, 3.63) is 58.8 Å². The van der Waals surface area contributed by atoms with Crippen LogP contribution in [0.1, 0.15) is 17.2 Å². The van der Waals surface area contributed by atoms with E-state index in [2.05, 4.69) is 0 Å². The summed E-state index contributed by atoms with van der Waals surface area (Å²) in [5.74, 6) is -0.465. The van der Waals surface area contributed by atoms with Crippen molar-refractivity contribution in [1.82, 2.24) is 0 Å². The monoisotopic (exact) mass is 225 g/mol. The second-order valence-corrected chi connectivity index (χ2v) is 3.56. The van der Waals surface area contributed by atoms with E-state index < -0.39 is 11.9 Å². The molecule has 15 heavy (non-hydrogen) atoms. The summed E-state index contributed by atoms with van der Waals surface area (Å²) in [6, 6.07) is 5.84. The molecule has 2 N–H and O–H groups in total. The molecule has 1 aromatic carbocycles. The second kappa shape index (κ2) is 4.04. The van der Waals surface area contributed by atoms with Crippen LogP contribution in [0.4, 0.5) is 4.39 Å². The van der Waals surface area contributed by atoms with Crippen LogP contribution in [-0.2, 0) is 0 Å². The summed E-state index contributed by atoms with van der Waals surface area (Å²) < 4.78 is 18.1. The molecule has 78 valence electrons. The molecular weight excluding hydrogens is 217 g/mol. The van der Waals surface area contributed by atoms with Gasteiger partial charge in [0.2, 0.25) is 0 Å². The summed E-state index contributed by atoms with van der Waals surface area (Å²) in [4.78, 5) is 0. The van der Waals surface area contributed by atoms with Gasteiger partial charge in [-0.05, 0) is 17.7 Å². The van der Waals surface area contributed by atoms with Crippen LogP contribution >= 0.6 is 11.6 Å². The molecule has 1 unspecified atom stereocenters. The minimum Gasteiger partial charge on any atom is -0.472 e. The van der Waals surface area contributed by atoms with Gasteiger partial charge in [-0.25, -0.2) is 4.39 Å². The van der Waals surface area contributed by atoms with Crippen LogP contribution in [-0.4, -0.2) is 0 Å². The maximum absolute atomic E-state index is 13.2. The quantitative estimate of drug-likeness (QED) is 0.853. The molecule has 0 radical (unpaired) electrons. The Labute approximate surface area is 91.5 Å². The molecule has 1 aromatic heterocycles. The molecule has 2 rings (SSSR count). The number of furan rings is 1. The first-order chi connectivity index (χ1) is 7.20. The SMILES string of the molecule is NC(c1ccoc1)c1cccc(F)c1Cl. The third kappa shape index (κ3) is 1.89. The molecule has 0 bridgehead atoms. The number of benzene rings is 1. The molecular formula is C11H9ClFNO. The fourth-order valence-corrected chi connectivity index (χ4v) is 1.64. The summed E-state index contributed by atoms with van der Waals surface area (Å²) in [5, 5.41) is 0.0613. The normalized spacial score (nSPS) is 12.7. The van der Waals surface area contributed by atoms with Crippen molar-refractivity contribution in [2.45, 2.75) is 6.04 Å². The van der Waals surface area contributed by atoms with E-state index in [4.69, 9.17) is 21.8 Å². The summed E-state index contributed by atoms with van der Waals surface area (Å²) in [5.41, 5.74) is 7.24. The van der Waals surface area contributed by atoms with Gasteiger partial charge in [0.15, 0.2) is 0 Å². The molecule has 0 fully saturated rings. The van der Waals surface area contributed by atoms with Crippen LogP contribution < -0.4 is 5.73 Å². The van der Waals surface area contributed by atoms with Crippen molar-refractivity contribution in [2.75, 3.05) is 0 Å².